The van der Waals surface area contributed by atoms with E-state index in [1.165, 1.54) is 6.26 Å². The van der Waals surface area contributed by atoms with Crippen molar-refractivity contribution in [3.05, 3.63) is 35.9 Å². The number of rotatable bonds is 3. The number of benzene rings is 1. The molecule has 0 saturated carbocycles. The van der Waals surface area contributed by atoms with Crippen LogP contribution in [0.2, 0.25) is 0 Å². The van der Waals surface area contributed by atoms with Crippen LogP contribution in [-0.2, 0) is 14.6 Å². The van der Waals surface area contributed by atoms with Crippen molar-refractivity contribution in [2.75, 3.05) is 12.0 Å². The van der Waals surface area contributed by atoms with Gasteiger partial charge in [0.05, 0.1) is 18.0 Å². The summed E-state index contributed by atoms with van der Waals surface area (Å²) in [5, 5.41) is 0. The van der Waals surface area contributed by atoms with Gasteiger partial charge >= 0.3 is 0 Å². The van der Waals surface area contributed by atoms with Crippen molar-refractivity contribution >= 4 is 9.84 Å². The molecular weight excluding hydrogens is 224 g/mol. The Labute approximate surface area is 96.4 Å². The Morgan fingerprint density at radius 2 is 1.94 bits per heavy atom. The molecule has 2 atom stereocenters. The van der Waals surface area contributed by atoms with Gasteiger partial charge in [-0.1, -0.05) is 30.3 Å². The molecule has 0 N–H and O–H groups in total. The molecule has 2 rings (SSSR count). The van der Waals surface area contributed by atoms with E-state index in [-0.39, 0.29) is 18.0 Å². The zero-order chi connectivity index (χ0) is 11.6. The summed E-state index contributed by atoms with van der Waals surface area (Å²) in [5.74, 6) is 0.135. The van der Waals surface area contributed by atoms with E-state index in [4.69, 9.17) is 4.74 Å². The van der Waals surface area contributed by atoms with E-state index in [2.05, 4.69) is 0 Å². The summed E-state index contributed by atoms with van der Waals surface area (Å²) in [6.45, 7) is 0. The largest absolute Gasteiger partial charge is 0.369 e. The van der Waals surface area contributed by atoms with Crippen molar-refractivity contribution in [1.29, 1.82) is 0 Å². The molecular formula is C12H16O3S. The van der Waals surface area contributed by atoms with Crippen molar-refractivity contribution in [3.8, 4) is 0 Å². The topological polar surface area (TPSA) is 43.4 Å². The Morgan fingerprint density at radius 3 is 2.56 bits per heavy atom. The van der Waals surface area contributed by atoms with Crippen molar-refractivity contribution in [1.82, 2.24) is 0 Å². The Balaban J connectivity index is 1.99. The van der Waals surface area contributed by atoms with Crippen LogP contribution in [0.5, 0.6) is 0 Å². The van der Waals surface area contributed by atoms with Crippen LogP contribution < -0.4 is 0 Å². The molecule has 1 heterocycles. The van der Waals surface area contributed by atoms with Gasteiger partial charge in [0, 0.05) is 6.26 Å². The fraction of sp³-hybridized carbons (Fsp3) is 0.500. The third-order valence-electron chi connectivity index (χ3n) is 2.77. The molecule has 4 heteroatoms. The van der Waals surface area contributed by atoms with Gasteiger partial charge in [0.15, 0.2) is 0 Å². The fourth-order valence-electron chi connectivity index (χ4n) is 2.08. The molecule has 1 aliphatic rings. The Morgan fingerprint density at radius 1 is 1.25 bits per heavy atom. The molecule has 0 radical (unpaired) electrons. The first-order valence-electron chi connectivity index (χ1n) is 5.43. The van der Waals surface area contributed by atoms with Crippen LogP contribution in [0.4, 0.5) is 0 Å². The van der Waals surface area contributed by atoms with Crippen LogP contribution in [0.15, 0.2) is 30.3 Å². The Hall–Kier alpha value is -0.870. The lowest BCUT2D eigenvalue weighted by Crippen LogP contribution is -2.19. The molecule has 88 valence electrons. The quantitative estimate of drug-likeness (QED) is 0.811. The highest BCUT2D eigenvalue weighted by atomic mass is 32.2. The molecule has 1 saturated heterocycles. The number of hydrogen-bond donors (Lipinski definition) is 0. The van der Waals surface area contributed by atoms with Gasteiger partial charge in [-0.25, -0.2) is 8.42 Å². The molecule has 0 aromatic heterocycles. The minimum absolute atomic E-state index is 0.0629. The van der Waals surface area contributed by atoms with Crippen molar-refractivity contribution in [2.24, 2.45) is 0 Å². The third kappa shape index (κ3) is 3.06. The summed E-state index contributed by atoms with van der Waals surface area (Å²) in [7, 11) is -2.94. The highest BCUT2D eigenvalue weighted by Crippen LogP contribution is 2.32. The molecule has 1 aromatic rings. The van der Waals surface area contributed by atoms with Gasteiger partial charge in [-0.2, -0.15) is 0 Å². The number of ether oxygens (including phenoxy) is 1. The minimum Gasteiger partial charge on any atom is -0.369 e. The summed E-state index contributed by atoms with van der Waals surface area (Å²) in [6, 6.07) is 9.96. The highest BCUT2D eigenvalue weighted by molar-refractivity contribution is 7.90. The molecule has 1 aliphatic heterocycles. The summed E-state index contributed by atoms with van der Waals surface area (Å²) >= 11 is 0. The number of sulfone groups is 1. The summed E-state index contributed by atoms with van der Waals surface area (Å²) in [6.07, 6.45) is 2.91. The van der Waals surface area contributed by atoms with E-state index in [1.807, 2.05) is 30.3 Å². The normalized spacial score (nSPS) is 25.8. The Kier molecular flexibility index (Phi) is 3.30. The third-order valence-corrected chi connectivity index (χ3v) is 3.74. The molecule has 1 fully saturated rings. The van der Waals surface area contributed by atoms with Gasteiger partial charge in [-0.15, -0.1) is 0 Å². The standard InChI is InChI=1S/C12H16O3S/c1-16(13,14)9-11-7-8-12(15-11)10-5-3-2-4-6-10/h2-6,11-12H,7-9H2,1H3/t11-,12-/m1/s1. The second-order valence-electron chi connectivity index (χ2n) is 4.33. The lowest BCUT2D eigenvalue weighted by molar-refractivity contribution is 0.0573. The predicted molar refractivity (Wildman–Crippen MR) is 63.0 cm³/mol. The molecule has 0 amide bonds. The maximum atomic E-state index is 11.2. The first-order valence-corrected chi connectivity index (χ1v) is 7.49. The average Bonchev–Trinajstić information content (AvgIpc) is 2.65. The minimum atomic E-state index is -2.94. The van der Waals surface area contributed by atoms with Crippen LogP contribution >= 0.6 is 0 Å². The van der Waals surface area contributed by atoms with E-state index in [0.717, 1.165) is 18.4 Å². The summed E-state index contributed by atoms with van der Waals surface area (Å²) in [4.78, 5) is 0. The van der Waals surface area contributed by atoms with E-state index in [0.29, 0.717) is 0 Å². The molecule has 0 aliphatic carbocycles. The second-order valence-corrected chi connectivity index (χ2v) is 6.51. The molecule has 0 unspecified atom stereocenters. The van der Waals surface area contributed by atoms with Gasteiger partial charge < -0.3 is 4.74 Å². The monoisotopic (exact) mass is 240 g/mol. The highest BCUT2D eigenvalue weighted by Gasteiger charge is 2.28. The maximum absolute atomic E-state index is 11.2. The lowest BCUT2D eigenvalue weighted by atomic mass is 10.1. The van der Waals surface area contributed by atoms with Gasteiger partial charge in [0.1, 0.15) is 9.84 Å². The Bertz CT molecular complexity index is 439. The van der Waals surface area contributed by atoms with Crippen LogP contribution in [0.3, 0.4) is 0 Å². The van der Waals surface area contributed by atoms with Gasteiger partial charge in [-0.3, -0.25) is 0 Å². The van der Waals surface area contributed by atoms with Crippen molar-refractivity contribution in [3.63, 3.8) is 0 Å². The second kappa shape index (κ2) is 4.55. The van der Waals surface area contributed by atoms with Gasteiger partial charge in [0.25, 0.3) is 0 Å². The summed E-state index contributed by atoms with van der Waals surface area (Å²) in [5.41, 5.74) is 1.14. The lowest BCUT2D eigenvalue weighted by Gasteiger charge is -2.13. The average molecular weight is 240 g/mol. The van der Waals surface area contributed by atoms with E-state index >= 15 is 0 Å². The first-order chi connectivity index (χ1) is 7.54. The maximum Gasteiger partial charge on any atom is 0.150 e. The smallest absolute Gasteiger partial charge is 0.150 e. The molecule has 0 bridgehead atoms. The van der Waals surface area contributed by atoms with Crippen LogP contribution in [0.1, 0.15) is 24.5 Å². The molecule has 1 aromatic carbocycles. The molecule has 16 heavy (non-hydrogen) atoms. The van der Waals surface area contributed by atoms with Crippen LogP contribution in [0.25, 0.3) is 0 Å². The van der Waals surface area contributed by atoms with Gasteiger partial charge in [0.2, 0.25) is 0 Å². The van der Waals surface area contributed by atoms with E-state index in [1.54, 1.807) is 0 Å². The van der Waals surface area contributed by atoms with E-state index < -0.39 is 9.84 Å². The molecule has 3 nitrogen and oxygen atoms in total. The van der Waals surface area contributed by atoms with Crippen LogP contribution in [0, 0.1) is 0 Å². The number of hydrogen-bond acceptors (Lipinski definition) is 3. The molecule has 0 spiro atoms. The zero-order valence-electron chi connectivity index (χ0n) is 9.30. The first kappa shape index (κ1) is 11.6. The van der Waals surface area contributed by atoms with Crippen molar-refractivity contribution < 1.29 is 13.2 Å². The predicted octanol–water partition coefficient (Wildman–Crippen LogP) is 1.95. The SMILES string of the molecule is CS(=O)(=O)C[C@H]1CC[C@H](c2ccccc2)O1. The van der Waals surface area contributed by atoms with Crippen molar-refractivity contribution in [2.45, 2.75) is 25.0 Å². The summed E-state index contributed by atoms with van der Waals surface area (Å²) < 4.78 is 28.0. The van der Waals surface area contributed by atoms with E-state index in [9.17, 15) is 8.42 Å². The fourth-order valence-corrected chi connectivity index (χ4v) is 3.00. The van der Waals surface area contributed by atoms with Gasteiger partial charge in [-0.05, 0) is 18.4 Å². The zero-order valence-corrected chi connectivity index (χ0v) is 10.1. The van der Waals surface area contributed by atoms with Crippen LogP contribution in [-0.4, -0.2) is 26.5 Å².